The Balaban J connectivity index is 1.92. The van der Waals surface area contributed by atoms with Crippen molar-refractivity contribution in [2.24, 2.45) is 0 Å². The average Bonchev–Trinajstić information content (AvgIpc) is 2.56. The lowest BCUT2D eigenvalue weighted by atomic mass is 10.0. The molecule has 1 atom stereocenters. The summed E-state index contributed by atoms with van der Waals surface area (Å²) in [6.45, 7) is 1.48. The van der Waals surface area contributed by atoms with Crippen LogP contribution >= 0.6 is 0 Å². The number of carbonyl (C=O) groups excluding carboxylic acids is 1. The summed E-state index contributed by atoms with van der Waals surface area (Å²) >= 11 is 0. The normalized spacial score (nSPS) is 20.1. The van der Waals surface area contributed by atoms with Gasteiger partial charge in [0, 0.05) is 18.8 Å². The van der Waals surface area contributed by atoms with Crippen LogP contribution in [0.5, 0.6) is 0 Å². The van der Waals surface area contributed by atoms with Gasteiger partial charge < -0.3 is 15.1 Å². The minimum atomic E-state index is -0.195. The maximum absolute atomic E-state index is 12.9. The van der Waals surface area contributed by atoms with Crippen LogP contribution in [-0.4, -0.2) is 41.4 Å². The van der Waals surface area contributed by atoms with Crippen molar-refractivity contribution in [2.45, 2.75) is 6.17 Å². The maximum atomic E-state index is 12.9. The standard InChI is InChI=1S/C16H15N3O3/c20-12-6-7-19-15(14(12)11-4-2-1-3-5-11)16(21)18-8-9-22-10-13(18)17-19/h1-7,13,17H,8-10H2/t13-/m0/s1. The van der Waals surface area contributed by atoms with E-state index < -0.39 is 0 Å². The molecule has 0 bridgehead atoms. The number of aromatic nitrogens is 1. The molecule has 3 heterocycles. The number of nitrogens with one attached hydrogen (secondary N) is 1. The fourth-order valence-corrected chi connectivity index (χ4v) is 2.99. The van der Waals surface area contributed by atoms with Gasteiger partial charge in [0.15, 0.2) is 5.43 Å². The van der Waals surface area contributed by atoms with E-state index in [0.29, 0.717) is 31.0 Å². The van der Waals surface area contributed by atoms with Crippen LogP contribution in [0, 0.1) is 0 Å². The molecule has 4 rings (SSSR count). The number of pyridine rings is 1. The van der Waals surface area contributed by atoms with Gasteiger partial charge in [-0.25, -0.2) is 0 Å². The van der Waals surface area contributed by atoms with E-state index in [1.165, 1.54) is 6.07 Å². The molecule has 1 aromatic heterocycles. The predicted octanol–water partition coefficient (Wildman–Crippen LogP) is 0.871. The molecule has 22 heavy (non-hydrogen) atoms. The van der Waals surface area contributed by atoms with Crippen LogP contribution in [0.4, 0.5) is 0 Å². The van der Waals surface area contributed by atoms with Crippen LogP contribution in [0.3, 0.4) is 0 Å². The minimum Gasteiger partial charge on any atom is -0.375 e. The van der Waals surface area contributed by atoms with Gasteiger partial charge in [-0.1, -0.05) is 30.3 Å². The fraction of sp³-hybridized carbons (Fsp3) is 0.250. The van der Waals surface area contributed by atoms with Crippen LogP contribution in [-0.2, 0) is 4.74 Å². The van der Waals surface area contributed by atoms with E-state index in [4.69, 9.17) is 4.74 Å². The molecule has 2 aromatic rings. The van der Waals surface area contributed by atoms with E-state index in [-0.39, 0.29) is 17.5 Å². The van der Waals surface area contributed by atoms with Crippen molar-refractivity contribution >= 4 is 5.91 Å². The number of morpholine rings is 1. The van der Waals surface area contributed by atoms with Crippen molar-refractivity contribution < 1.29 is 9.53 Å². The molecular formula is C16H15N3O3. The second-order valence-electron chi connectivity index (χ2n) is 5.36. The number of fused-ring (bicyclic) bond motifs is 2. The number of nitrogens with zero attached hydrogens (tertiary/aromatic N) is 2. The molecule has 1 N–H and O–H groups in total. The number of ether oxygens (including phenoxy) is 1. The van der Waals surface area contributed by atoms with E-state index in [2.05, 4.69) is 5.43 Å². The first-order valence-electron chi connectivity index (χ1n) is 7.22. The highest BCUT2D eigenvalue weighted by atomic mass is 16.5. The Morgan fingerprint density at radius 3 is 2.77 bits per heavy atom. The lowest BCUT2D eigenvalue weighted by molar-refractivity contribution is -0.00274. The molecule has 1 amide bonds. The van der Waals surface area contributed by atoms with Crippen LogP contribution in [0.25, 0.3) is 11.1 Å². The third-order valence-corrected chi connectivity index (χ3v) is 4.04. The highest BCUT2D eigenvalue weighted by Crippen LogP contribution is 2.25. The van der Waals surface area contributed by atoms with Gasteiger partial charge in [0.05, 0.1) is 18.8 Å². The molecule has 0 aliphatic carbocycles. The number of amides is 1. The van der Waals surface area contributed by atoms with Crippen molar-refractivity contribution in [3.05, 3.63) is 58.5 Å². The first-order chi connectivity index (χ1) is 10.8. The molecule has 6 heteroatoms. The number of benzene rings is 1. The highest BCUT2D eigenvalue weighted by Gasteiger charge is 2.36. The van der Waals surface area contributed by atoms with Crippen molar-refractivity contribution in [3.8, 4) is 11.1 Å². The van der Waals surface area contributed by atoms with Crippen molar-refractivity contribution in [1.82, 2.24) is 9.58 Å². The van der Waals surface area contributed by atoms with Gasteiger partial charge in [-0.05, 0) is 5.56 Å². The van der Waals surface area contributed by atoms with E-state index in [1.807, 2.05) is 30.3 Å². The van der Waals surface area contributed by atoms with Gasteiger partial charge in [-0.2, -0.15) is 0 Å². The van der Waals surface area contributed by atoms with E-state index in [1.54, 1.807) is 15.8 Å². The molecule has 1 saturated heterocycles. The minimum absolute atomic E-state index is 0.136. The molecule has 1 fully saturated rings. The quantitative estimate of drug-likeness (QED) is 0.848. The van der Waals surface area contributed by atoms with Crippen LogP contribution in [0.1, 0.15) is 10.5 Å². The second kappa shape index (κ2) is 4.99. The molecular weight excluding hydrogens is 282 g/mol. The molecule has 2 aliphatic heterocycles. The summed E-state index contributed by atoms with van der Waals surface area (Å²) in [5.74, 6) is -0.136. The van der Waals surface area contributed by atoms with Gasteiger partial charge in [0.1, 0.15) is 11.9 Å². The van der Waals surface area contributed by atoms with Gasteiger partial charge in [0.25, 0.3) is 5.91 Å². The number of hydrogen-bond donors (Lipinski definition) is 1. The SMILES string of the molecule is O=C1c2c(-c3ccccc3)c(=O)ccn2N[C@@H]2COCCN12. The predicted molar refractivity (Wildman–Crippen MR) is 81.1 cm³/mol. The maximum Gasteiger partial charge on any atom is 0.275 e. The van der Waals surface area contributed by atoms with E-state index in [9.17, 15) is 9.59 Å². The smallest absolute Gasteiger partial charge is 0.275 e. The van der Waals surface area contributed by atoms with Crippen LogP contribution in [0.15, 0.2) is 47.4 Å². The zero-order valence-electron chi connectivity index (χ0n) is 11.9. The third kappa shape index (κ3) is 1.92. The highest BCUT2D eigenvalue weighted by molar-refractivity contribution is 6.00. The molecule has 0 unspecified atom stereocenters. The molecule has 1 aromatic carbocycles. The summed E-state index contributed by atoms with van der Waals surface area (Å²) in [5.41, 5.74) is 4.64. The monoisotopic (exact) mass is 297 g/mol. The molecule has 0 radical (unpaired) electrons. The Kier molecular flexibility index (Phi) is 2.97. The molecule has 2 aliphatic rings. The lowest BCUT2D eigenvalue weighted by Gasteiger charge is -2.41. The van der Waals surface area contributed by atoms with Crippen molar-refractivity contribution in [2.75, 3.05) is 25.2 Å². The van der Waals surface area contributed by atoms with Crippen LogP contribution in [0.2, 0.25) is 0 Å². The Bertz CT molecular complexity index is 785. The second-order valence-corrected chi connectivity index (χ2v) is 5.36. The van der Waals surface area contributed by atoms with E-state index in [0.717, 1.165) is 5.56 Å². The largest absolute Gasteiger partial charge is 0.375 e. The number of hydrogen-bond acceptors (Lipinski definition) is 4. The first kappa shape index (κ1) is 13.1. The summed E-state index contributed by atoms with van der Waals surface area (Å²) in [7, 11) is 0. The topological polar surface area (TPSA) is 63.6 Å². The van der Waals surface area contributed by atoms with Gasteiger partial charge >= 0.3 is 0 Å². The number of carbonyl (C=O) groups is 1. The zero-order chi connectivity index (χ0) is 15.1. The summed E-state index contributed by atoms with van der Waals surface area (Å²) in [4.78, 5) is 27.0. The number of rotatable bonds is 1. The molecule has 112 valence electrons. The summed E-state index contributed by atoms with van der Waals surface area (Å²) in [6.07, 6.45) is 1.41. The van der Waals surface area contributed by atoms with Crippen molar-refractivity contribution in [3.63, 3.8) is 0 Å². The zero-order valence-corrected chi connectivity index (χ0v) is 11.9. The van der Waals surface area contributed by atoms with Gasteiger partial charge in [-0.3, -0.25) is 14.3 Å². The third-order valence-electron chi connectivity index (χ3n) is 4.04. The molecule has 0 spiro atoms. The van der Waals surface area contributed by atoms with Crippen LogP contribution < -0.4 is 10.9 Å². The first-order valence-corrected chi connectivity index (χ1v) is 7.22. The summed E-state index contributed by atoms with van der Waals surface area (Å²) < 4.78 is 7.05. The van der Waals surface area contributed by atoms with Gasteiger partial charge in [-0.15, -0.1) is 0 Å². The van der Waals surface area contributed by atoms with Crippen molar-refractivity contribution in [1.29, 1.82) is 0 Å². The Labute approximate surface area is 126 Å². The lowest BCUT2D eigenvalue weighted by Crippen LogP contribution is -2.59. The Morgan fingerprint density at radius 1 is 1.14 bits per heavy atom. The molecule has 6 nitrogen and oxygen atoms in total. The Hall–Kier alpha value is -2.60. The fourth-order valence-electron chi connectivity index (χ4n) is 2.99. The van der Waals surface area contributed by atoms with E-state index >= 15 is 0 Å². The molecule has 0 saturated carbocycles. The average molecular weight is 297 g/mol. The Morgan fingerprint density at radius 2 is 1.95 bits per heavy atom. The summed E-state index contributed by atoms with van der Waals surface area (Å²) in [5, 5.41) is 0. The van der Waals surface area contributed by atoms with Gasteiger partial charge in [0.2, 0.25) is 0 Å². The summed E-state index contributed by atoms with van der Waals surface area (Å²) in [6, 6.07) is 10.8.